The fraction of sp³-hybridized carbons (Fsp3) is 0.500. The fourth-order valence-electron chi connectivity index (χ4n) is 5.00. The molecule has 0 aliphatic heterocycles. The first-order chi connectivity index (χ1) is 16.6. The first-order valence-electron chi connectivity index (χ1n) is 12.6. The molecular weight excluding hydrogens is 428 g/mol. The van der Waals surface area contributed by atoms with E-state index in [0.29, 0.717) is 60.5 Å². The van der Waals surface area contributed by atoms with E-state index < -0.39 is 0 Å². The third-order valence-electron chi connectivity index (χ3n) is 6.83. The number of rotatable bonds is 9. The Balaban J connectivity index is 1.54. The van der Waals surface area contributed by atoms with E-state index in [0.717, 1.165) is 37.7 Å². The molecule has 1 aromatic carbocycles. The van der Waals surface area contributed by atoms with E-state index in [2.05, 4.69) is 24.2 Å². The van der Waals surface area contributed by atoms with E-state index in [-0.39, 0.29) is 29.7 Å². The lowest BCUT2D eigenvalue weighted by molar-refractivity contribution is -0.116. The molecular formula is C28H34N2O4. The van der Waals surface area contributed by atoms with Crippen LogP contribution in [0, 0.1) is 0 Å². The number of aliphatic hydroxyl groups is 1. The zero-order chi connectivity index (χ0) is 23.9. The number of ketones is 2. The first-order valence-corrected chi connectivity index (χ1v) is 12.6. The second-order valence-corrected chi connectivity index (χ2v) is 9.35. The van der Waals surface area contributed by atoms with Gasteiger partial charge in [0.2, 0.25) is 0 Å². The van der Waals surface area contributed by atoms with E-state index in [1.54, 1.807) is 0 Å². The van der Waals surface area contributed by atoms with Crippen molar-refractivity contribution in [2.24, 2.45) is 4.99 Å². The van der Waals surface area contributed by atoms with Crippen molar-refractivity contribution in [3.8, 4) is 0 Å². The molecule has 180 valence electrons. The molecule has 0 radical (unpaired) electrons. The predicted molar refractivity (Wildman–Crippen MR) is 132 cm³/mol. The molecule has 1 aromatic heterocycles. The van der Waals surface area contributed by atoms with Crippen LogP contribution in [0.5, 0.6) is 0 Å². The van der Waals surface area contributed by atoms with Gasteiger partial charge in [0.1, 0.15) is 11.5 Å². The molecule has 1 heterocycles. The molecule has 2 aliphatic carbocycles. The summed E-state index contributed by atoms with van der Waals surface area (Å²) >= 11 is 0. The summed E-state index contributed by atoms with van der Waals surface area (Å²) in [4.78, 5) is 30.4. The van der Waals surface area contributed by atoms with Gasteiger partial charge in [0.25, 0.3) is 0 Å². The van der Waals surface area contributed by atoms with Crippen LogP contribution in [0.15, 0.2) is 51.2 Å². The lowest BCUT2D eigenvalue weighted by atomic mass is 9.78. The molecule has 1 fully saturated rings. The number of unbranched alkanes of at least 4 members (excludes halogenated alkanes) is 3. The van der Waals surface area contributed by atoms with Crippen LogP contribution in [-0.4, -0.2) is 34.1 Å². The van der Waals surface area contributed by atoms with Crippen molar-refractivity contribution in [2.45, 2.75) is 83.5 Å². The number of benzene rings is 1. The van der Waals surface area contributed by atoms with Crippen LogP contribution < -0.4 is 0 Å². The highest BCUT2D eigenvalue weighted by molar-refractivity contribution is 6.24. The van der Waals surface area contributed by atoms with Crippen molar-refractivity contribution < 1.29 is 19.2 Å². The van der Waals surface area contributed by atoms with Crippen LogP contribution in [0.4, 0.5) is 0 Å². The summed E-state index contributed by atoms with van der Waals surface area (Å²) in [7, 11) is 0. The highest BCUT2D eigenvalue weighted by Gasteiger charge is 2.33. The maximum Gasteiger partial charge on any atom is 0.168 e. The highest BCUT2D eigenvalue weighted by Crippen LogP contribution is 2.34. The number of hydrogen-bond acceptors (Lipinski definition) is 6. The third kappa shape index (κ3) is 5.54. The first kappa shape index (κ1) is 24.1. The summed E-state index contributed by atoms with van der Waals surface area (Å²) in [5, 5.41) is 15.1. The average Bonchev–Trinajstić information content (AvgIpc) is 3.27. The number of Topliss-reactive ketones (excluding diaryl/α,β-unsaturated/α-hetero) is 2. The summed E-state index contributed by atoms with van der Waals surface area (Å²) in [6.45, 7) is 2.83. The molecule has 1 N–H and O–H groups in total. The molecule has 0 saturated heterocycles. The number of aliphatic imine (C=N–C) groups is 1. The highest BCUT2D eigenvalue weighted by atomic mass is 16.5. The SMILES string of the molecule is CCCCCCN=C1CC(c2ccccc2)CC(=O)/C1=C(/O)CCc1noc2c1C(=O)CCC2. The number of aliphatic hydroxyl groups excluding tert-OH is 1. The van der Waals surface area contributed by atoms with Gasteiger partial charge in [-0.15, -0.1) is 0 Å². The quantitative estimate of drug-likeness (QED) is 0.276. The number of carbonyl (C=O) groups is 2. The molecule has 34 heavy (non-hydrogen) atoms. The van der Waals surface area contributed by atoms with Crippen LogP contribution >= 0.6 is 0 Å². The van der Waals surface area contributed by atoms with Gasteiger partial charge < -0.3 is 9.63 Å². The predicted octanol–water partition coefficient (Wildman–Crippen LogP) is 6.11. The van der Waals surface area contributed by atoms with Crippen molar-refractivity contribution in [1.29, 1.82) is 0 Å². The molecule has 0 amide bonds. The maximum absolute atomic E-state index is 13.2. The van der Waals surface area contributed by atoms with E-state index in [4.69, 9.17) is 9.52 Å². The van der Waals surface area contributed by atoms with Gasteiger partial charge in [-0.2, -0.15) is 0 Å². The molecule has 2 aromatic rings. The second kappa shape index (κ2) is 11.4. The number of nitrogens with zero attached hydrogens (tertiary/aromatic N) is 2. The van der Waals surface area contributed by atoms with Gasteiger partial charge in [0.15, 0.2) is 11.6 Å². The largest absolute Gasteiger partial charge is 0.511 e. The van der Waals surface area contributed by atoms with Gasteiger partial charge >= 0.3 is 0 Å². The lowest BCUT2D eigenvalue weighted by Crippen LogP contribution is -2.27. The number of hydrogen-bond donors (Lipinski definition) is 1. The number of allylic oxidation sites excluding steroid dienone is 2. The zero-order valence-electron chi connectivity index (χ0n) is 20.0. The summed E-state index contributed by atoms with van der Waals surface area (Å²) in [6.07, 6.45) is 8.01. The molecule has 1 atom stereocenters. The van der Waals surface area contributed by atoms with Crippen LogP contribution in [0.3, 0.4) is 0 Å². The van der Waals surface area contributed by atoms with Crippen LogP contribution in [0.2, 0.25) is 0 Å². The van der Waals surface area contributed by atoms with Crippen molar-refractivity contribution >= 4 is 17.3 Å². The number of carbonyl (C=O) groups excluding carboxylic acids is 2. The average molecular weight is 463 g/mol. The minimum Gasteiger partial charge on any atom is -0.511 e. The third-order valence-corrected chi connectivity index (χ3v) is 6.83. The Labute approximate surface area is 201 Å². The van der Waals surface area contributed by atoms with E-state index >= 15 is 0 Å². The van der Waals surface area contributed by atoms with Gasteiger partial charge in [0, 0.05) is 44.4 Å². The van der Waals surface area contributed by atoms with Gasteiger partial charge in [-0.1, -0.05) is 61.7 Å². The topological polar surface area (TPSA) is 92.8 Å². The summed E-state index contributed by atoms with van der Waals surface area (Å²) < 4.78 is 5.37. The smallest absolute Gasteiger partial charge is 0.168 e. The molecule has 2 aliphatic rings. The Morgan fingerprint density at radius 3 is 2.71 bits per heavy atom. The molecule has 0 bridgehead atoms. The van der Waals surface area contributed by atoms with Crippen LogP contribution in [0.25, 0.3) is 0 Å². The van der Waals surface area contributed by atoms with Crippen molar-refractivity contribution in [3.63, 3.8) is 0 Å². The van der Waals surface area contributed by atoms with E-state index in [1.807, 2.05) is 18.2 Å². The maximum atomic E-state index is 13.2. The lowest BCUT2D eigenvalue weighted by Gasteiger charge is -2.26. The van der Waals surface area contributed by atoms with Gasteiger partial charge in [0.05, 0.1) is 16.8 Å². The minimum atomic E-state index is -0.0665. The zero-order valence-corrected chi connectivity index (χ0v) is 20.0. The number of aryl methyl sites for hydroxylation is 2. The number of fused-ring (bicyclic) bond motifs is 1. The van der Waals surface area contributed by atoms with Gasteiger partial charge in [-0.05, 0) is 30.7 Å². The fourth-order valence-corrected chi connectivity index (χ4v) is 5.00. The second-order valence-electron chi connectivity index (χ2n) is 9.35. The Morgan fingerprint density at radius 2 is 1.91 bits per heavy atom. The van der Waals surface area contributed by atoms with Crippen molar-refractivity contribution in [3.05, 3.63) is 64.2 Å². The Morgan fingerprint density at radius 1 is 1.09 bits per heavy atom. The molecule has 4 rings (SSSR count). The summed E-state index contributed by atoms with van der Waals surface area (Å²) in [5.41, 5.74) is 3.35. The molecule has 6 nitrogen and oxygen atoms in total. The Bertz CT molecular complexity index is 1080. The van der Waals surface area contributed by atoms with Crippen molar-refractivity contribution in [2.75, 3.05) is 6.54 Å². The molecule has 1 unspecified atom stereocenters. The van der Waals surface area contributed by atoms with Gasteiger partial charge in [-0.25, -0.2) is 0 Å². The van der Waals surface area contributed by atoms with Gasteiger partial charge in [-0.3, -0.25) is 14.6 Å². The standard InChI is InChI=1S/C28H34N2O4/c1-2-3-4-8-16-29-22-17-20(19-10-6-5-7-11-19)18-25(33)27(22)24(32)15-14-21-28-23(31)12-9-13-26(28)34-30-21/h5-7,10-11,20,32H,2-4,8-9,12-18H2,1H3/b27-24+,29-22?. The molecule has 0 spiro atoms. The van der Waals surface area contributed by atoms with Crippen LogP contribution in [-0.2, 0) is 17.6 Å². The Kier molecular flexibility index (Phi) is 8.09. The minimum absolute atomic E-state index is 0.0452. The Hall–Kier alpha value is -3.02. The summed E-state index contributed by atoms with van der Waals surface area (Å²) in [6, 6.07) is 10.1. The summed E-state index contributed by atoms with van der Waals surface area (Å²) in [5.74, 6) is 0.748. The normalized spacial score (nSPS) is 21.1. The van der Waals surface area contributed by atoms with E-state index in [1.165, 1.54) is 6.42 Å². The van der Waals surface area contributed by atoms with Crippen LogP contribution in [0.1, 0.15) is 98.0 Å². The van der Waals surface area contributed by atoms with E-state index in [9.17, 15) is 14.7 Å². The monoisotopic (exact) mass is 462 g/mol. The molecule has 6 heteroatoms. The number of aromatic nitrogens is 1. The molecule has 1 saturated carbocycles. The van der Waals surface area contributed by atoms with Crippen molar-refractivity contribution in [1.82, 2.24) is 5.16 Å².